The van der Waals surface area contributed by atoms with Gasteiger partial charge in [0.25, 0.3) is 0 Å². The quantitative estimate of drug-likeness (QED) is 0.730. The van der Waals surface area contributed by atoms with E-state index in [1.54, 1.807) is 12.1 Å². The van der Waals surface area contributed by atoms with E-state index < -0.39 is 10.0 Å². The Hall–Kier alpha value is -0.660. The molecule has 7 heteroatoms. The molecule has 0 radical (unpaired) electrons. The molecule has 0 amide bonds. The summed E-state index contributed by atoms with van der Waals surface area (Å²) < 4.78 is 40.1. The maximum atomic E-state index is 13.0. The van der Waals surface area contributed by atoms with Crippen molar-refractivity contribution in [1.82, 2.24) is 0 Å². The van der Waals surface area contributed by atoms with Gasteiger partial charge in [-0.25, -0.2) is 17.9 Å². The first kappa shape index (κ1) is 16.4. The predicted octanol–water partition coefficient (Wildman–Crippen LogP) is 2.82. The van der Waals surface area contributed by atoms with Gasteiger partial charge < -0.3 is 4.74 Å². The highest BCUT2D eigenvalue weighted by molar-refractivity contribution is 9.10. The summed E-state index contributed by atoms with van der Waals surface area (Å²) in [5.41, 5.74) is 0. The van der Waals surface area contributed by atoms with Gasteiger partial charge in [-0.3, -0.25) is 0 Å². The topological polar surface area (TPSA) is 69.4 Å². The molecule has 0 atom stereocenters. The van der Waals surface area contributed by atoms with Crippen molar-refractivity contribution < 1.29 is 17.5 Å². The smallest absolute Gasteiger partial charge is 0.209 e. The normalized spacial score (nSPS) is 11.5. The van der Waals surface area contributed by atoms with Crippen LogP contribution < -0.4 is 9.88 Å². The number of rotatable bonds is 8. The van der Waals surface area contributed by atoms with E-state index in [4.69, 9.17) is 9.88 Å². The Labute approximate surface area is 121 Å². The fraction of sp³-hybridized carbons (Fsp3) is 0.500. The Balaban J connectivity index is 2.12. The summed E-state index contributed by atoms with van der Waals surface area (Å²) in [5.74, 6) is 0.312. The van der Waals surface area contributed by atoms with Crippen LogP contribution in [0.3, 0.4) is 0 Å². The molecule has 19 heavy (non-hydrogen) atoms. The van der Waals surface area contributed by atoms with Crippen LogP contribution in [0.25, 0.3) is 0 Å². The van der Waals surface area contributed by atoms with Crippen molar-refractivity contribution in [3.05, 3.63) is 28.5 Å². The van der Waals surface area contributed by atoms with Gasteiger partial charge in [-0.1, -0.05) is 12.8 Å². The van der Waals surface area contributed by atoms with Gasteiger partial charge in [0.2, 0.25) is 10.0 Å². The van der Waals surface area contributed by atoms with Crippen LogP contribution >= 0.6 is 15.9 Å². The molecule has 0 spiro atoms. The lowest BCUT2D eigenvalue weighted by Crippen LogP contribution is -2.16. The number of unbranched alkanes of at least 4 members (excludes halogenated alkanes) is 3. The first-order valence-electron chi connectivity index (χ1n) is 5.97. The van der Waals surface area contributed by atoms with E-state index in [0.29, 0.717) is 23.2 Å². The lowest BCUT2D eigenvalue weighted by molar-refractivity contribution is 0.304. The van der Waals surface area contributed by atoms with E-state index in [0.717, 1.165) is 19.3 Å². The van der Waals surface area contributed by atoms with Crippen molar-refractivity contribution in [2.24, 2.45) is 5.14 Å². The number of ether oxygens (including phenoxy) is 1. The maximum Gasteiger partial charge on any atom is 0.209 e. The molecule has 1 aromatic rings. The van der Waals surface area contributed by atoms with Crippen molar-refractivity contribution in [2.75, 3.05) is 12.4 Å². The molecule has 0 aliphatic heterocycles. The highest BCUT2D eigenvalue weighted by Crippen LogP contribution is 2.21. The fourth-order valence-electron chi connectivity index (χ4n) is 1.52. The minimum Gasteiger partial charge on any atom is -0.494 e. The van der Waals surface area contributed by atoms with Crippen LogP contribution in [0, 0.1) is 5.82 Å². The molecule has 0 saturated heterocycles. The van der Waals surface area contributed by atoms with Crippen LogP contribution in [0.2, 0.25) is 0 Å². The molecule has 0 saturated carbocycles. The van der Waals surface area contributed by atoms with Crippen LogP contribution in [0.4, 0.5) is 4.39 Å². The predicted molar refractivity (Wildman–Crippen MR) is 76.0 cm³/mol. The Bertz CT molecular complexity index is 508. The van der Waals surface area contributed by atoms with Crippen LogP contribution in [-0.2, 0) is 10.0 Å². The molecule has 2 N–H and O–H groups in total. The number of sulfonamides is 1. The average molecular weight is 354 g/mol. The minimum atomic E-state index is -3.34. The molecular weight excluding hydrogens is 337 g/mol. The van der Waals surface area contributed by atoms with Gasteiger partial charge in [-0.05, 0) is 47.0 Å². The average Bonchev–Trinajstić information content (AvgIpc) is 2.31. The van der Waals surface area contributed by atoms with E-state index in [9.17, 15) is 12.8 Å². The second kappa shape index (κ2) is 7.81. The number of hydrogen-bond donors (Lipinski definition) is 1. The van der Waals surface area contributed by atoms with E-state index in [1.165, 1.54) is 6.07 Å². The van der Waals surface area contributed by atoms with Gasteiger partial charge >= 0.3 is 0 Å². The van der Waals surface area contributed by atoms with E-state index in [-0.39, 0.29) is 11.6 Å². The van der Waals surface area contributed by atoms with E-state index >= 15 is 0 Å². The molecule has 1 aromatic carbocycles. The largest absolute Gasteiger partial charge is 0.494 e. The van der Waals surface area contributed by atoms with E-state index in [1.807, 2.05) is 0 Å². The summed E-state index contributed by atoms with van der Waals surface area (Å²) in [6.45, 7) is 0.521. The van der Waals surface area contributed by atoms with E-state index in [2.05, 4.69) is 15.9 Å². The zero-order chi connectivity index (χ0) is 14.3. The molecule has 0 fully saturated rings. The molecule has 0 aliphatic rings. The van der Waals surface area contributed by atoms with Crippen molar-refractivity contribution in [3.63, 3.8) is 0 Å². The SMILES string of the molecule is NS(=O)(=O)CCCCCCOc1ccc(F)c(Br)c1. The molecule has 0 aliphatic carbocycles. The molecule has 0 unspecified atom stereocenters. The standard InChI is InChI=1S/C12H17BrFNO3S/c13-11-9-10(5-6-12(11)14)18-7-3-1-2-4-8-19(15,16)17/h5-6,9H,1-4,7-8H2,(H2,15,16,17). The highest BCUT2D eigenvalue weighted by Gasteiger charge is 2.02. The molecule has 0 heterocycles. The zero-order valence-electron chi connectivity index (χ0n) is 10.4. The van der Waals surface area contributed by atoms with Gasteiger partial charge in [0.05, 0.1) is 16.8 Å². The van der Waals surface area contributed by atoms with Crippen molar-refractivity contribution >= 4 is 26.0 Å². The summed E-state index contributed by atoms with van der Waals surface area (Å²) in [5, 5.41) is 4.89. The lowest BCUT2D eigenvalue weighted by atomic mass is 10.2. The Morgan fingerprint density at radius 2 is 1.89 bits per heavy atom. The first-order chi connectivity index (χ1) is 8.88. The first-order valence-corrected chi connectivity index (χ1v) is 8.47. The van der Waals surface area contributed by atoms with Crippen molar-refractivity contribution in [2.45, 2.75) is 25.7 Å². The number of halogens is 2. The van der Waals surface area contributed by atoms with Gasteiger partial charge in [-0.15, -0.1) is 0 Å². The third-order valence-electron chi connectivity index (χ3n) is 2.48. The van der Waals surface area contributed by atoms with Crippen LogP contribution in [0.1, 0.15) is 25.7 Å². The highest BCUT2D eigenvalue weighted by atomic mass is 79.9. The third-order valence-corrected chi connectivity index (χ3v) is 3.95. The summed E-state index contributed by atoms with van der Waals surface area (Å²) >= 11 is 3.08. The zero-order valence-corrected chi connectivity index (χ0v) is 12.8. The van der Waals surface area contributed by atoms with Crippen molar-refractivity contribution in [1.29, 1.82) is 0 Å². The second-order valence-electron chi connectivity index (χ2n) is 4.21. The molecule has 108 valence electrons. The van der Waals surface area contributed by atoms with Gasteiger partial charge in [0, 0.05) is 0 Å². The van der Waals surface area contributed by atoms with Crippen molar-refractivity contribution in [3.8, 4) is 5.75 Å². The maximum absolute atomic E-state index is 13.0. The fourth-order valence-corrected chi connectivity index (χ4v) is 2.48. The minimum absolute atomic E-state index is 0.0266. The number of benzene rings is 1. The monoisotopic (exact) mass is 353 g/mol. The van der Waals surface area contributed by atoms with Gasteiger partial charge in [0.15, 0.2) is 0 Å². The van der Waals surface area contributed by atoms with Crippen LogP contribution in [0.15, 0.2) is 22.7 Å². The summed E-state index contributed by atoms with van der Waals surface area (Å²) in [7, 11) is -3.34. The Kier molecular flexibility index (Phi) is 6.74. The lowest BCUT2D eigenvalue weighted by Gasteiger charge is -2.06. The molecule has 4 nitrogen and oxygen atoms in total. The molecule has 1 rings (SSSR count). The Morgan fingerprint density at radius 3 is 2.53 bits per heavy atom. The number of nitrogens with two attached hydrogens (primary N) is 1. The molecule has 0 aromatic heterocycles. The number of primary sulfonamides is 1. The molecule has 0 bridgehead atoms. The molecular formula is C12H17BrFNO3S. The summed E-state index contributed by atoms with van der Waals surface area (Å²) in [6.07, 6.45) is 3.06. The van der Waals surface area contributed by atoms with Crippen LogP contribution in [0.5, 0.6) is 5.75 Å². The summed E-state index contributed by atoms with van der Waals surface area (Å²) in [6, 6.07) is 4.49. The summed E-state index contributed by atoms with van der Waals surface area (Å²) in [4.78, 5) is 0. The van der Waals surface area contributed by atoms with Crippen LogP contribution in [-0.4, -0.2) is 20.8 Å². The third kappa shape index (κ3) is 7.49. The van der Waals surface area contributed by atoms with Gasteiger partial charge in [-0.2, -0.15) is 0 Å². The second-order valence-corrected chi connectivity index (χ2v) is 6.79. The van der Waals surface area contributed by atoms with Gasteiger partial charge in [0.1, 0.15) is 11.6 Å². The number of hydrogen-bond acceptors (Lipinski definition) is 3. The Morgan fingerprint density at radius 1 is 1.21 bits per heavy atom.